The van der Waals surface area contributed by atoms with Gasteiger partial charge in [0.2, 0.25) is 0 Å². The molecule has 0 saturated heterocycles. The Hall–Kier alpha value is -2.08. The van der Waals surface area contributed by atoms with Crippen LogP contribution in [0.2, 0.25) is 0 Å². The predicted molar refractivity (Wildman–Crippen MR) is 49.8 cm³/mol. The minimum absolute atomic E-state index is 0.362. The van der Waals surface area contributed by atoms with Crippen molar-refractivity contribution in [2.45, 2.75) is 0 Å². The second-order valence-electron chi connectivity index (χ2n) is 2.43. The van der Waals surface area contributed by atoms with Crippen LogP contribution in [0.3, 0.4) is 0 Å². The molecule has 1 aromatic rings. The zero-order valence-corrected chi connectivity index (χ0v) is 7.28. The molecule has 6 heteroatoms. The lowest BCUT2D eigenvalue weighted by atomic mass is 10.2. The number of nitrogens with two attached hydrogens (primary N) is 1. The summed E-state index contributed by atoms with van der Waals surface area (Å²) in [4.78, 5) is 21.5. The van der Waals surface area contributed by atoms with Crippen LogP contribution in [-0.4, -0.2) is 11.9 Å². The van der Waals surface area contributed by atoms with E-state index < -0.39 is 6.03 Å². The molecule has 0 unspecified atom stereocenters. The van der Waals surface area contributed by atoms with Crippen molar-refractivity contribution < 1.29 is 9.59 Å². The molecule has 1 aromatic carbocycles. The standard InChI is InChI=1S/C8H10N4O2/c9-8(14)11-12-10-7(13)6-4-2-1-3-5-6/h1-5,12H,(H,10,13)(H3,9,11,14). The van der Waals surface area contributed by atoms with Crippen LogP contribution >= 0.6 is 0 Å². The van der Waals surface area contributed by atoms with Gasteiger partial charge in [-0.1, -0.05) is 18.2 Å². The number of carbonyl (C=O) groups is 2. The lowest BCUT2D eigenvalue weighted by molar-refractivity contribution is 0.0927. The van der Waals surface area contributed by atoms with Crippen molar-refractivity contribution in [2.75, 3.05) is 0 Å². The molecule has 0 heterocycles. The van der Waals surface area contributed by atoms with E-state index in [1.807, 2.05) is 5.43 Å². The molecule has 0 fully saturated rings. The average molecular weight is 194 g/mol. The fourth-order valence-corrected chi connectivity index (χ4v) is 0.811. The number of hydrazine groups is 2. The minimum atomic E-state index is -0.779. The van der Waals surface area contributed by atoms with Gasteiger partial charge < -0.3 is 5.73 Å². The number of primary amides is 1. The second-order valence-corrected chi connectivity index (χ2v) is 2.43. The largest absolute Gasteiger partial charge is 0.351 e. The molecule has 0 aliphatic rings. The number of hydrogen-bond donors (Lipinski definition) is 4. The highest BCUT2D eigenvalue weighted by Crippen LogP contribution is 1.96. The van der Waals surface area contributed by atoms with E-state index in [1.165, 1.54) is 0 Å². The lowest BCUT2D eigenvalue weighted by Crippen LogP contribution is -2.51. The van der Waals surface area contributed by atoms with Gasteiger partial charge in [0.15, 0.2) is 0 Å². The van der Waals surface area contributed by atoms with Crippen molar-refractivity contribution in [1.29, 1.82) is 0 Å². The molecule has 3 amide bonds. The van der Waals surface area contributed by atoms with Crippen LogP contribution in [0.4, 0.5) is 4.79 Å². The second kappa shape index (κ2) is 4.83. The summed E-state index contributed by atoms with van der Waals surface area (Å²) in [6.07, 6.45) is 0. The van der Waals surface area contributed by atoms with Crippen molar-refractivity contribution in [2.24, 2.45) is 5.73 Å². The topological polar surface area (TPSA) is 96.2 Å². The Balaban J connectivity index is 2.40. The Morgan fingerprint density at radius 2 is 1.71 bits per heavy atom. The average Bonchev–Trinajstić information content (AvgIpc) is 2.18. The lowest BCUT2D eigenvalue weighted by Gasteiger charge is -2.05. The van der Waals surface area contributed by atoms with Gasteiger partial charge in [0.1, 0.15) is 0 Å². The normalized spacial score (nSPS) is 9.14. The Bertz CT molecular complexity index is 325. The van der Waals surface area contributed by atoms with Crippen molar-refractivity contribution in [3.63, 3.8) is 0 Å². The molecule has 0 atom stereocenters. The Labute approximate surface area is 80.4 Å². The molecular weight excluding hydrogens is 184 g/mol. The van der Waals surface area contributed by atoms with Gasteiger partial charge in [-0.2, -0.15) is 0 Å². The summed E-state index contributed by atoms with van der Waals surface area (Å²) in [7, 11) is 0. The number of rotatable bonds is 3. The maximum absolute atomic E-state index is 11.3. The van der Waals surface area contributed by atoms with Crippen molar-refractivity contribution in [1.82, 2.24) is 16.4 Å². The molecule has 5 N–H and O–H groups in total. The number of benzene rings is 1. The van der Waals surface area contributed by atoms with Crippen molar-refractivity contribution >= 4 is 11.9 Å². The van der Waals surface area contributed by atoms with Gasteiger partial charge in [0.05, 0.1) is 0 Å². The van der Waals surface area contributed by atoms with Crippen LogP contribution in [0.5, 0.6) is 0 Å². The SMILES string of the molecule is NC(=O)NNNC(=O)c1ccccc1. The Morgan fingerprint density at radius 1 is 1.07 bits per heavy atom. The van der Waals surface area contributed by atoms with Crippen LogP contribution in [0.15, 0.2) is 30.3 Å². The summed E-state index contributed by atoms with van der Waals surface area (Å²) >= 11 is 0. The van der Waals surface area contributed by atoms with Gasteiger partial charge in [-0.25, -0.2) is 4.79 Å². The molecule has 74 valence electrons. The highest BCUT2D eigenvalue weighted by atomic mass is 16.2. The van der Waals surface area contributed by atoms with E-state index in [0.29, 0.717) is 5.56 Å². The number of hydrogen-bond acceptors (Lipinski definition) is 3. The Morgan fingerprint density at radius 3 is 2.29 bits per heavy atom. The van der Waals surface area contributed by atoms with Crippen LogP contribution in [0, 0.1) is 0 Å². The van der Waals surface area contributed by atoms with E-state index in [2.05, 4.69) is 11.0 Å². The fraction of sp³-hybridized carbons (Fsp3) is 0. The maximum Gasteiger partial charge on any atom is 0.327 e. The molecule has 0 saturated carbocycles. The first-order valence-electron chi connectivity index (χ1n) is 3.86. The summed E-state index contributed by atoms with van der Waals surface area (Å²) < 4.78 is 0. The molecule has 1 rings (SSSR count). The summed E-state index contributed by atoms with van der Waals surface area (Å²) in [6, 6.07) is 7.76. The first-order valence-corrected chi connectivity index (χ1v) is 3.86. The van der Waals surface area contributed by atoms with E-state index in [-0.39, 0.29) is 5.91 Å². The van der Waals surface area contributed by atoms with Crippen LogP contribution in [-0.2, 0) is 0 Å². The molecule has 0 aliphatic heterocycles. The van der Waals surface area contributed by atoms with Gasteiger partial charge >= 0.3 is 6.03 Å². The van der Waals surface area contributed by atoms with E-state index in [1.54, 1.807) is 30.3 Å². The highest BCUT2D eigenvalue weighted by molar-refractivity contribution is 5.93. The quantitative estimate of drug-likeness (QED) is 0.488. The number of urea groups is 1. The number of nitrogens with one attached hydrogen (secondary N) is 3. The maximum atomic E-state index is 11.3. The van der Waals surface area contributed by atoms with E-state index in [0.717, 1.165) is 0 Å². The van der Waals surface area contributed by atoms with Gasteiger partial charge in [0.25, 0.3) is 5.91 Å². The van der Waals surface area contributed by atoms with E-state index in [4.69, 9.17) is 5.73 Å². The number of carbonyl (C=O) groups excluding carboxylic acids is 2. The highest BCUT2D eigenvalue weighted by Gasteiger charge is 2.02. The zero-order chi connectivity index (χ0) is 10.4. The first-order chi connectivity index (χ1) is 6.70. The molecule has 14 heavy (non-hydrogen) atoms. The zero-order valence-electron chi connectivity index (χ0n) is 7.28. The number of amides is 3. The van der Waals surface area contributed by atoms with Gasteiger partial charge in [-0.3, -0.25) is 15.6 Å². The van der Waals surface area contributed by atoms with Crippen LogP contribution < -0.4 is 22.1 Å². The van der Waals surface area contributed by atoms with Gasteiger partial charge in [-0.15, -0.1) is 5.53 Å². The molecule has 0 aliphatic carbocycles. The Kier molecular flexibility index (Phi) is 3.45. The molecule has 0 aromatic heterocycles. The minimum Gasteiger partial charge on any atom is -0.351 e. The molecular formula is C8H10N4O2. The van der Waals surface area contributed by atoms with Gasteiger partial charge in [-0.05, 0) is 12.1 Å². The van der Waals surface area contributed by atoms with E-state index in [9.17, 15) is 9.59 Å². The predicted octanol–water partition coefficient (Wildman–Crippen LogP) is -0.496. The fourth-order valence-electron chi connectivity index (χ4n) is 0.811. The van der Waals surface area contributed by atoms with Crippen LogP contribution in [0.25, 0.3) is 0 Å². The smallest absolute Gasteiger partial charge is 0.327 e. The third-order valence-electron chi connectivity index (χ3n) is 1.40. The van der Waals surface area contributed by atoms with Crippen LogP contribution in [0.1, 0.15) is 10.4 Å². The first kappa shape index (κ1) is 10.0. The van der Waals surface area contributed by atoms with E-state index >= 15 is 0 Å². The van der Waals surface area contributed by atoms with Gasteiger partial charge in [0, 0.05) is 5.56 Å². The molecule has 0 bridgehead atoms. The summed E-state index contributed by atoms with van der Waals surface area (Å²) in [5.74, 6) is -0.362. The summed E-state index contributed by atoms with van der Waals surface area (Å²) in [5, 5.41) is 0. The summed E-state index contributed by atoms with van der Waals surface area (Å²) in [5.41, 5.74) is 11.6. The van der Waals surface area contributed by atoms with Crippen molar-refractivity contribution in [3.05, 3.63) is 35.9 Å². The molecule has 6 nitrogen and oxygen atoms in total. The van der Waals surface area contributed by atoms with Crippen molar-refractivity contribution in [3.8, 4) is 0 Å². The molecule has 0 spiro atoms. The summed E-state index contributed by atoms with van der Waals surface area (Å²) in [6.45, 7) is 0. The monoisotopic (exact) mass is 194 g/mol. The third kappa shape index (κ3) is 3.11. The molecule has 0 radical (unpaired) electrons. The third-order valence-corrected chi connectivity index (χ3v) is 1.40.